The molecular formula is C24H46O4. The third kappa shape index (κ3) is 18.3. The summed E-state index contributed by atoms with van der Waals surface area (Å²) in [6, 6.07) is 0. The monoisotopic (exact) mass is 398 g/mol. The minimum atomic E-state index is -0.667. The van der Waals surface area contributed by atoms with E-state index in [2.05, 4.69) is 6.92 Å². The smallest absolute Gasteiger partial charge is 0.308 e. The van der Waals surface area contributed by atoms with E-state index in [0.29, 0.717) is 13.0 Å². The second kappa shape index (κ2) is 20.7. The van der Waals surface area contributed by atoms with E-state index in [-0.39, 0.29) is 11.9 Å². The van der Waals surface area contributed by atoms with Crippen LogP contribution in [-0.2, 0) is 14.3 Å². The van der Waals surface area contributed by atoms with Crippen LogP contribution < -0.4 is 0 Å². The Hall–Kier alpha value is -1.06. The lowest BCUT2D eigenvalue weighted by Crippen LogP contribution is -2.16. The van der Waals surface area contributed by atoms with Crippen molar-refractivity contribution in [3.05, 3.63) is 0 Å². The van der Waals surface area contributed by atoms with Crippen LogP contribution in [0.5, 0.6) is 0 Å². The van der Waals surface area contributed by atoms with Gasteiger partial charge in [-0.05, 0) is 26.2 Å². The quantitative estimate of drug-likeness (QED) is 0.163. The van der Waals surface area contributed by atoms with Gasteiger partial charge in [-0.3, -0.25) is 9.59 Å². The van der Waals surface area contributed by atoms with Crippen LogP contribution in [0.15, 0.2) is 0 Å². The van der Waals surface area contributed by atoms with Gasteiger partial charge >= 0.3 is 11.9 Å². The Bertz CT molecular complexity index is 368. The molecule has 0 saturated heterocycles. The molecule has 1 N–H and O–H groups in total. The third-order valence-electron chi connectivity index (χ3n) is 5.56. The van der Waals surface area contributed by atoms with Crippen LogP contribution in [0.25, 0.3) is 0 Å². The first-order valence-corrected chi connectivity index (χ1v) is 12.0. The number of carbonyl (C=O) groups excluding carboxylic acids is 1. The lowest BCUT2D eigenvalue weighted by Gasteiger charge is -2.13. The number of unbranched alkanes of at least 4 members (excludes halogenated alkanes) is 14. The summed E-state index contributed by atoms with van der Waals surface area (Å²) in [5, 5.41) is 8.58. The number of carbonyl (C=O) groups is 2. The SMILES string of the molecule is CCOC(=O)C(CC)CCCCCCCCCCCCCCCCCC(=O)O. The molecular weight excluding hydrogens is 352 g/mol. The van der Waals surface area contributed by atoms with Gasteiger partial charge in [-0.1, -0.05) is 96.8 Å². The summed E-state index contributed by atoms with van der Waals surface area (Å²) in [5.41, 5.74) is 0. The highest BCUT2D eigenvalue weighted by atomic mass is 16.5. The summed E-state index contributed by atoms with van der Waals surface area (Å²) in [7, 11) is 0. The Morgan fingerprint density at radius 1 is 0.679 bits per heavy atom. The van der Waals surface area contributed by atoms with Crippen LogP contribution in [0.1, 0.15) is 129 Å². The summed E-state index contributed by atoms with van der Waals surface area (Å²) in [6.45, 7) is 4.44. The maximum Gasteiger partial charge on any atom is 0.308 e. The predicted octanol–water partition coefficient (Wildman–Crippen LogP) is 7.29. The first kappa shape index (κ1) is 26.9. The molecule has 0 radical (unpaired) electrons. The Morgan fingerprint density at radius 2 is 1.07 bits per heavy atom. The fourth-order valence-corrected chi connectivity index (χ4v) is 3.71. The number of hydrogen-bond acceptors (Lipinski definition) is 3. The summed E-state index contributed by atoms with van der Waals surface area (Å²) in [5.74, 6) is -0.577. The van der Waals surface area contributed by atoms with E-state index in [4.69, 9.17) is 9.84 Å². The highest BCUT2D eigenvalue weighted by Gasteiger charge is 2.16. The number of hydrogen-bond donors (Lipinski definition) is 1. The molecule has 0 rings (SSSR count). The second-order valence-electron chi connectivity index (χ2n) is 8.09. The van der Waals surface area contributed by atoms with Gasteiger partial charge in [-0.25, -0.2) is 0 Å². The third-order valence-corrected chi connectivity index (χ3v) is 5.56. The maximum absolute atomic E-state index is 11.7. The maximum atomic E-state index is 11.7. The van der Waals surface area contributed by atoms with E-state index in [0.717, 1.165) is 32.1 Å². The molecule has 0 fully saturated rings. The Balaban J connectivity index is 3.23. The first-order valence-electron chi connectivity index (χ1n) is 12.0. The molecule has 1 atom stereocenters. The number of aliphatic carboxylic acids is 1. The van der Waals surface area contributed by atoms with Crippen molar-refractivity contribution in [1.82, 2.24) is 0 Å². The molecule has 0 saturated carbocycles. The minimum Gasteiger partial charge on any atom is -0.481 e. The lowest BCUT2D eigenvalue weighted by atomic mass is 9.97. The second-order valence-corrected chi connectivity index (χ2v) is 8.09. The summed E-state index contributed by atoms with van der Waals surface area (Å²) in [6.07, 6.45) is 20.9. The molecule has 0 spiro atoms. The van der Waals surface area contributed by atoms with E-state index < -0.39 is 5.97 Å². The van der Waals surface area contributed by atoms with E-state index in [9.17, 15) is 9.59 Å². The molecule has 166 valence electrons. The summed E-state index contributed by atoms with van der Waals surface area (Å²) >= 11 is 0. The van der Waals surface area contributed by atoms with Crippen LogP contribution in [0.2, 0.25) is 0 Å². The number of ether oxygens (including phenoxy) is 1. The highest BCUT2D eigenvalue weighted by molar-refractivity contribution is 5.72. The van der Waals surface area contributed by atoms with Gasteiger partial charge in [0.2, 0.25) is 0 Å². The molecule has 4 nitrogen and oxygen atoms in total. The van der Waals surface area contributed by atoms with Crippen molar-refractivity contribution in [2.45, 2.75) is 129 Å². The Kier molecular flexibility index (Phi) is 19.9. The van der Waals surface area contributed by atoms with Crippen molar-refractivity contribution in [3.63, 3.8) is 0 Å². The van der Waals surface area contributed by atoms with Crippen LogP contribution in [0, 0.1) is 5.92 Å². The Morgan fingerprint density at radius 3 is 1.43 bits per heavy atom. The molecule has 1 unspecified atom stereocenters. The number of rotatable bonds is 21. The Labute approximate surface area is 173 Å². The molecule has 0 aromatic carbocycles. The van der Waals surface area contributed by atoms with Crippen molar-refractivity contribution in [2.75, 3.05) is 6.61 Å². The van der Waals surface area contributed by atoms with Crippen molar-refractivity contribution in [2.24, 2.45) is 5.92 Å². The summed E-state index contributed by atoms with van der Waals surface area (Å²) < 4.78 is 5.12. The van der Waals surface area contributed by atoms with Gasteiger partial charge in [0.15, 0.2) is 0 Å². The first-order chi connectivity index (χ1) is 13.6. The molecule has 0 aromatic rings. The average molecular weight is 399 g/mol. The van der Waals surface area contributed by atoms with Crippen LogP contribution in [0.3, 0.4) is 0 Å². The van der Waals surface area contributed by atoms with Gasteiger partial charge in [0.25, 0.3) is 0 Å². The number of esters is 1. The van der Waals surface area contributed by atoms with E-state index >= 15 is 0 Å². The topological polar surface area (TPSA) is 63.6 Å². The van der Waals surface area contributed by atoms with Crippen LogP contribution in [-0.4, -0.2) is 23.7 Å². The molecule has 0 aromatic heterocycles. The zero-order valence-corrected chi connectivity index (χ0v) is 18.7. The standard InChI is InChI=1S/C24H46O4/c1-3-22(24(27)28-4-2)20-18-16-14-12-10-8-6-5-7-9-11-13-15-17-19-21-23(25)26/h22H,3-21H2,1-2H3,(H,25,26). The van der Waals surface area contributed by atoms with Crippen molar-refractivity contribution < 1.29 is 19.4 Å². The van der Waals surface area contributed by atoms with Gasteiger partial charge in [-0.15, -0.1) is 0 Å². The van der Waals surface area contributed by atoms with E-state index in [1.165, 1.54) is 77.0 Å². The van der Waals surface area contributed by atoms with Gasteiger partial charge in [0.1, 0.15) is 0 Å². The van der Waals surface area contributed by atoms with E-state index in [1.54, 1.807) is 0 Å². The van der Waals surface area contributed by atoms with Gasteiger partial charge in [0, 0.05) is 6.42 Å². The van der Waals surface area contributed by atoms with Crippen molar-refractivity contribution in [3.8, 4) is 0 Å². The number of carboxylic acids is 1. The van der Waals surface area contributed by atoms with Crippen LogP contribution >= 0.6 is 0 Å². The molecule has 4 heteroatoms. The average Bonchev–Trinajstić information content (AvgIpc) is 2.67. The molecule has 0 amide bonds. The van der Waals surface area contributed by atoms with E-state index in [1.807, 2.05) is 6.92 Å². The van der Waals surface area contributed by atoms with Crippen molar-refractivity contribution in [1.29, 1.82) is 0 Å². The largest absolute Gasteiger partial charge is 0.481 e. The molecule has 0 aliphatic rings. The molecule has 28 heavy (non-hydrogen) atoms. The zero-order valence-electron chi connectivity index (χ0n) is 18.7. The van der Waals surface area contributed by atoms with Gasteiger partial charge in [0.05, 0.1) is 12.5 Å². The molecule has 0 aliphatic heterocycles. The lowest BCUT2D eigenvalue weighted by molar-refractivity contribution is -0.148. The van der Waals surface area contributed by atoms with Gasteiger partial charge in [-0.2, -0.15) is 0 Å². The van der Waals surface area contributed by atoms with Gasteiger partial charge < -0.3 is 9.84 Å². The predicted molar refractivity (Wildman–Crippen MR) is 117 cm³/mol. The van der Waals surface area contributed by atoms with Crippen LogP contribution in [0.4, 0.5) is 0 Å². The normalized spacial score (nSPS) is 12.1. The molecule has 0 heterocycles. The highest BCUT2D eigenvalue weighted by Crippen LogP contribution is 2.17. The zero-order chi connectivity index (χ0) is 20.9. The summed E-state index contributed by atoms with van der Waals surface area (Å²) in [4.78, 5) is 22.2. The molecule has 0 aliphatic carbocycles. The minimum absolute atomic E-state index is 0.0109. The fourth-order valence-electron chi connectivity index (χ4n) is 3.71. The van der Waals surface area contributed by atoms with Crippen molar-refractivity contribution >= 4 is 11.9 Å². The molecule has 0 bridgehead atoms. The fraction of sp³-hybridized carbons (Fsp3) is 0.917. The number of carboxylic acid groups (broad SMARTS) is 1.